The maximum Gasteiger partial charge on any atom is 0.273 e. The van der Waals surface area contributed by atoms with Gasteiger partial charge in [0.2, 0.25) is 0 Å². The van der Waals surface area contributed by atoms with Crippen LogP contribution in [0.5, 0.6) is 0 Å². The minimum absolute atomic E-state index is 0.147. The van der Waals surface area contributed by atoms with Crippen LogP contribution in [0.3, 0.4) is 0 Å². The number of hydrogen-bond acceptors (Lipinski definition) is 4. The zero-order valence-electron chi connectivity index (χ0n) is 12.0. The van der Waals surface area contributed by atoms with Crippen molar-refractivity contribution in [1.82, 2.24) is 14.8 Å². The van der Waals surface area contributed by atoms with Crippen LogP contribution >= 0.6 is 0 Å². The molecule has 6 nitrogen and oxygen atoms in total. The summed E-state index contributed by atoms with van der Waals surface area (Å²) < 4.78 is 38.1. The second-order valence-corrected chi connectivity index (χ2v) is 6.77. The van der Waals surface area contributed by atoms with Crippen molar-refractivity contribution in [2.24, 2.45) is 11.1 Å². The summed E-state index contributed by atoms with van der Waals surface area (Å²) in [6.45, 7) is 6.01. The smallest absolute Gasteiger partial charge is 0.273 e. The third-order valence-corrected chi connectivity index (χ3v) is 3.77. The van der Waals surface area contributed by atoms with Crippen molar-refractivity contribution in [3.8, 4) is 11.4 Å². The molecule has 1 aromatic heterocycles. The highest BCUT2D eigenvalue weighted by atomic mass is 32.2. The molecule has 0 amide bonds. The van der Waals surface area contributed by atoms with Crippen molar-refractivity contribution in [2.45, 2.75) is 32.5 Å². The Balaban J connectivity index is 2.69. The Morgan fingerprint density at radius 3 is 2.57 bits per heavy atom. The molecule has 2 rings (SSSR count). The quantitative estimate of drug-likeness (QED) is 0.930. The molecule has 0 saturated heterocycles. The first kappa shape index (κ1) is 15.6. The summed E-state index contributed by atoms with van der Waals surface area (Å²) in [5.74, 6) is 0.0192. The van der Waals surface area contributed by atoms with Crippen molar-refractivity contribution >= 4 is 10.0 Å². The molecule has 1 aromatic carbocycles. The lowest BCUT2D eigenvalue weighted by Gasteiger charge is -2.13. The molecule has 0 aliphatic rings. The van der Waals surface area contributed by atoms with Gasteiger partial charge in [0, 0.05) is 12.1 Å². The van der Waals surface area contributed by atoms with Crippen LogP contribution in [-0.4, -0.2) is 23.2 Å². The normalized spacial score (nSPS) is 12.1. The first-order valence-corrected chi connectivity index (χ1v) is 7.97. The molecule has 0 unspecified atom stereocenters. The second kappa shape index (κ2) is 5.53. The number of halogens is 1. The van der Waals surface area contributed by atoms with E-state index in [9.17, 15) is 12.8 Å². The summed E-state index contributed by atoms with van der Waals surface area (Å²) in [5.41, 5.74) is 1.27. The Morgan fingerprint density at radius 2 is 2.00 bits per heavy atom. The van der Waals surface area contributed by atoms with Crippen LogP contribution in [0.2, 0.25) is 0 Å². The first-order valence-electron chi connectivity index (χ1n) is 6.42. The van der Waals surface area contributed by atoms with Gasteiger partial charge in [0.1, 0.15) is 5.82 Å². The molecule has 2 aromatic rings. The van der Waals surface area contributed by atoms with Crippen molar-refractivity contribution in [3.05, 3.63) is 29.6 Å². The van der Waals surface area contributed by atoms with Gasteiger partial charge in [-0.25, -0.2) is 17.9 Å². The number of sulfonamides is 1. The number of aromatic nitrogens is 3. The Bertz CT molecular complexity index is 768. The predicted molar refractivity (Wildman–Crippen MR) is 76.4 cm³/mol. The number of benzene rings is 1. The van der Waals surface area contributed by atoms with E-state index in [1.807, 2.05) is 13.8 Å². The third-order valence-electron chi connectivity index (χ3n) is 2.96. The molecule has 0 fully saturated rings. The van der Waals surface area contributed by atoms with Gasteiger partial charge in [-0.1, -0.05) is 19.9 Å². The van der Waals surface area contributed by atoms with Gasteiger partial charge < -0.3 is 0 Å². The van der Waals surface area contributed by atoms with E-state index >= 15 is 0 Å². The molecule has 0 atom stereocenters. The van der Waals surface area contributed by atoms with Crippen LogP contribution < -0.4 is 5.14 Å². The summed E-state index contributed by atoms with van der Waals surface area (Å²) in [6, 6.07) is 4.25. The number of aryl methyl sites for hydroxylation is 1. The predicted octanol–water partition coefficient (Wildman–Crippen LogP) is 1.70. The van der Waals surface area contributed by atoms with Crippen molar-refractivity contribution in [2.75, 3.05) is 0 Å². The Kier molecular flexibility index (Phi) is 4.11. The summed E-state index contributed by atoms with van der Waals surface area (Å²) in [4.78, 5) is 0. The molecule has 1 heterocycles. The van der Waals surface area contributed by atoms with Crippen molar-refractivity contribution < 1.29 is 12.8 Å². The SMILES string of the molecule is Cc1ccc(F)cc1-c1nnc(S(N)(=O)=O)n1CC(C)C. The van der Waals surface area contributed by atoms with Gasteiger partial charge in [0.15, 0.2) is 5.82 Å². The first-order chi connectivity index (χ1) is 9.70. The Morgan fingerprint density at radius 1 is 1.33 bits per heavy atom. The van der Waals surface area contributed by atoms with Gasteiger partial charge in [0.25, 0.3) is 15.2 Å². The fourth-order valence-electron chi connectivity index (χ4n) is 2.06. The highest BCUT2D eigenvalue weighted by Crippen LogP contribution is 2.25. The van der Waals surface area contributed by atoms with Gasteiger partial charge in [-0.2, -0.15) is 0 Å². The zero-order valence-corrected chi connectivity index (χ0v) is 12.9. The summed E-state index contributed by atoms with van der Waals surface area (Å²) in [5, 5.41) is 12.4. The summed E-state index contributed by atoms with van der Waals surface area (Å²) in [6.07, 6.45) is 0. The third kappa shape index (κ3) is 3.27. The average molecular weight is 312 g/mol. The number of hydrogen-bond donors (Lipinski definition) is 1. The molecule has 8 heteroatoms. The lowest BCUT2D eigenvalue weighted by atomic mass is 10.1. The lowest BCUT2D eigenvalue weighted by molar-refractivity contribution is 0.486. The van der Waals surface area contributed by atoms with Gasteiger partial charge >= 0.3 is 0 Å². The molecule has 0 aliphatic carbocycles. The van der Waals surface area contributed by atoms with E-state index in [0.717, 1.165) is 5.56 Å². The maximum atomic E-state index is 13.5. The van der Waals surface area contributed by atoms with Crippen LogP contribution in [0, 0.1) is 18.7 Å². The molecule has 0 radical (unpaired) electrons. The molecule has 114 valence electrons. The van der Waals surface area contributed by atoms with E-state index in [2.05, 4.69) is 10.2 Å². The van der Waals surface area contributed by atoms with Crippen LogP contribution in [0.1, 0.15) is 19.4 Å². The number of rotatable bonds is 4. The van der Waals surface area contributed by atoms with Crippen molar-refractivity contribution in [3.63, 3.8) is 0 Å². The van der Waals surface area contributed by atoms with E-state index in [-0.39, 0.29) is 11.1 Å². The lowest BCUT2D eigenvalue weighted by Crippen LogP contribution is -2.20. The minimum atomic E-state index is -3.99. The fourth-order valence-corrected chi connectivity index (χ4v) is 2.69. The highest BCUT2D eigenvalue weighted by Gasteiger charge is 2.23. The van der Waals surface area contributed by atoms with Gasteiger partial charge in [-0.15, -0.1) is 10.2 Å². The molecular weight excluding hydrogens is 295 g/mol. The van der Waals surface area contributed by atoms with Gasteiger partial charge in [-0.05, 0) is 30.5 Å². The Hall–Kier alpha value is -1.80. The van der Waals surface area contributed by atoms with Gasteiger partial charge in [-0.3, -0.25) is 4.57 Å². The minimum Gasteiger partial charge on any atom is -0.296 e. The summed E-state index contributed by atoms with van der Waals surface area (Å²) in [7, 11) is -3.99. The van der Waals surface area contributed by atoms with Crippen LogP contribution in [0.25, 0.3) is 11.4 Å². The van der Waals surface area contributed by atoms with E-state index in [4.69, 9.17) is 5.14 Å². The Labute approximate surface area is 122 Å². The number of nitrogens with zero attached hydrogens (tertiary/aromatic N) is 3. The topological polar surface area (TPSA) is 90.9 Å². The van der Waals surface area contributed by atoms with E-state index < -0.39 is 15.8 Å². The van der Waals surface area contributed by atoms with E-state index in [0.29, 0.717) is 17.9 Å². The molecular formula is C13H17FN4O2S. The standard InChI is InChI=1S/C13H17FN4O2S/c1-8(2)7-18-12(16-17-13(18)21(15,19)20)11-6-10(14)5-4-9(11)3/h4-6,8H,7H2,1-3H3,(H2,15,19,20). The largest absolute Gasteiger partial charge is 0.296 e. The van der Waals surface area contributed by atoms with Crippen LogP contribution in [0.15, 0.2) is 23.4 Å². The maximum absolute atomic E-state index is 13.5. The van der Waals surface area contributed by atoms with Crippen LogP contribution in [-0.2, 0) is 16.6 Å². The molecule has 2 N–H and O–H groups in total. The summed E-state index contributed by atoms with van der Waals surface area (Å²) >= 11 is 0. The zero-order chi connectivity index (χ0) is 15.8. The molecule has 0 aliphatic heterocycles. The van der Waals surface area contributed by atoms with Crippen LogP contribution in [0.4, 0.5) is 4.39 Å². The van der Waals surface area contributed by atoms with E-state index in [1.165, 1.54) is 16.7 Å². The second-order valence-electron chi connectivity index (χ2n) is 5.31. The molecule has 0 bridgehead atoms. The fraction of sp³-hybridized carbons (Fsp3) is 0.385. The number of nitrogens with two attached hydrogens (primary N) is 1. The van der Waals surface area contributed by atoms with Gasteiger partial charge in [0.05, 0.1) is 0 Å². The monoisotopic (exact) mass is 312 g/mol. The highest BCUT2D eigenvalue weighted by molar-refractivity contribution is 7.89. The number of primary sulfonamides is 1. The van der Waals surface area contributed by atoms with Crippen molar-refractivity contribution in [1.29, 1.82) is 0 Å². The molecule has 21 heavy (non-hydrogen) atoms. The molecule has 0 spiro atoms. The van der Waals surface area contributed by atoms with E-state index in [1.54, 1.807) is 13.0 Å². The average Bonchev–Trinajstić information content (AvgIpc) is 2.74. The molecule has 0 saturated carbocycles.